The SMILES string of the molecule is Cc1cnc(CCN=C(N)NC2CCCCC2)s1.I. The Balaban J connectivity index is 0.00000180. The van der Waals surface area contributed by atoms with Gasteiger partial charge in [-0.05, 0) is 19.8 Å². The number of nitrogens with zero attached hydrogens (tertiary/aromatic N) is 2. The highest BCUT2D eigenvalue weighted by Gasteiger charge is 2.13. The zero-order valence-corrected chi connectivity index (χ0v) is 14.5. The standard InChI is InChI=1S/C13H22N4S.HI/c1-10-9-16-12(18-10)7-8-15-13(14)17-11-5-3-2-4-6-11;/h9,11H,2-8H2,1H3,(H3,14,15,17);1H. The second kappa shape index (κ2) is 8.73. The molecule has 1 aliphatic rings. The zero-order valence-electron chi connectivity index (χ0n) is 11.4. The number of nitrogens with two attached hydrogens (primary N) is 1. The molecule has 0 bridgehead atoms. The summed E-state index contributed by atoms with van der Waals surface area (Å²) < 4.78 is 0. The van der Waals surface area contributed by atoms with E-state index in [0.717, 1.165) is 18.0 Å². The van der Waals surface area contributed by atoms with Gasteiger partial charge in [-0.3, -0.25) is 4.99 Å². The molecule has 2 rings (SSSR count). The summed E-state index contributed by atoms with van der Waals surface area (Å²) in [4.78, 5) is 9.94. The molecule has 0 unspecified atom stereocenters. The van der Waals surface area contributed by atoms with Crippen molar-refractivity contribution in [3.63, 3.8) is 0 Å². The highest BCUT2D eigenvalue weighted by Crippen LogP contribution is 2.17. The van der Waals surface area contributed by atoms with Gasteiger partial charge in [0.2, 0.25) is 0 Å². The van der Waals surface area contributed by atoms with Crippen LogP contribution >= 0.6 is 35.3 Å². The molecule has 1 heterocycles. The smallest absolute Gasteiger partial charge is 0.188 e. The molecule has 0 amide bonds. The van der Waals surface area contributed by atoms with Crippen molar-refractivity contribution in [2.24, 2.45) is 10.7 Å². The average Bonchev–Trinajstić information content (AvgIpc) is 2.76. The Morgan fingerprint density at radius 1 is 1.47 bits per heavy atom. The Morgan fingerprint density at radius 3 is 2.84 bits per heavy atom. The third-order valence-corrected chi connectivity index (χ3v) is 4.21. The summed E-state index contributed by atoms with van der Waals surface area (Å²) in [5.74, 6) is 0.593. The molecule has 0 spiro atoms. The molecular weight excluding hydrogens is 371 g/mol. The van der Waals surface area contributed by atoms with Gasteiger partial charge in [0.25, 0.3) is 0 Å². The maximum Gasteiger partial charge on any atom is 0.188 e. The summed E-state index contributed by atoms with van der Waals surface area (Å²) in [5, 5.41) is 4.46. The number of hydrogen-bond acceptors (Lipinski definition) is 3. The predicted octanol–water partition coefficient (Wildman–Crippen LogP) is 2.85. The number of thiazole rings is 1. The second-order valence-electron chi connectivity index (χ2n) is 4.86. The van der Waals surface area contributed by atoms with E-state index in [9.17, 15) is 0 Å². The summed E-state index contributed by atoms with van der Waals surface area (Å²) in [7, 11) is 0. The zero-order chi connectivity index (χ0) is 12.8. The number of hydrogen-bond donors (Lipinski definition) is 2. The summed E-state index contributed by atoms with van der Waals surface area (Å²) in [6.07, 6.45) is 9.22. The van der Waals surface area contributed by atoms with Gasteiger partial charge in [0.1, 0.15) is 0 Å². The van der Waals surface area contributed by atoms with Crippen molar-refractivity contribution in [3.8, 4) is 0 Å². The van der Waals surface area contributed by atoms with Crippen LogP contribution in [0.2, 0.25) is 0 Å². The lowest BCUT2D eigenvalue weighted by Gasteiger charge is -2.23. The number of rotatable bonds is 4. The van der Waals surface area contributed by atoms with Crippen LogP contribution in [0.15, 0.2) is 11.2 Å². The lowest BCUT2D eigenvalue weighted by atomic mass is 9.96. The molecule has 4 nitrogen and oxygen atoms in total. The Kier molecular flexibility index (Phi) is 7.67. The van der Waals surface area contributed by atoms with Gasteiger partial charge >= 0.3 is 0 Å². The number of aryl methyl sites for hydroxylation is 1. The molecule has 108 valence electrons. The molecule has 1 aliphatic carbocycles. The van der Waals surface area contributed by atoms with Crippen LogP contribution in [0.25, 0.3) is 0 Å². The summed E-state index contributed by atoms with van der Waals surface area (Å²) in [6.45, 7) is 2.79. The minimum Gasteiger partial charge on any atom is -0.370 e. The normalized spacial score (nSPS) is 17.0. The third kappa shape index (κ3) is 6.07. The fourth-order valence-corrected chi connectivity index (χ4v) is 3.07. The van der Waals surface area contributed by atoms with Crippen molar-refractivity contribution in [2.75, 3.05) is 6.54 Å². The predicted molar refractivity (Wildman–Crippen MR) is 92.5 cm³/mol. The average molecular weight is 394 g/mol. The minimum atomic E-state index is 0. The molecule has 6 heteroatoms. The lowest BCUT2D eigenvalue weighted by Crippen LogP contribution is -2.41. The number of aromatic nitrogens is 1. The van der Waals surface area contributed by atoms with Gasteiger partial charge in [-0.15, -0.1) is 35.3 Å². The van der Waals surface area contributed by atoms with Crippen LogP contribution in [0.1, 0.15) is 42.0 Å². The first kappa shape index (κ1) is 16.7. The number of aliphatic imine (C=N–C) groups is 1. The molecular formula is C13H23IN4S. The van der Waals surface area contributed by atoms with Crippen molar-refractivity contribution in [1.82, 2.24) is 10.3 Å². The lowest BCUT2D eigenvalue weighted by molar-refractivity contribution is 0.412. The number of halogens is 1. The van der Waals surface area contributed by atoms with Gasteiger partial charge in [-0.1, -0.05) is 19.3 Å². The minimum absolute atomic E-state index is 0. The van der Waals surface area contributed by atoms with E-state index in [1.165, 1.54) is 37.0 Å². The van der Waals surface area contributed by atoms with Crippen LogP contribution in [-0.2, 0) is 6.42 Å². The molecule has 1 saturated carbocycles. The molecule has 3 N–H and O–H groups in total. The summed E-state index contributed by atoms with van der Waals surface area (Å²) in [6, 6.07) is 0.532. The molecule has 0 aliphatic heterocycles. The second-order valence-corrected chi connectivity index (χ2v) is 6.18. The molecule has 1 fully saturated rings. The third-order valence-electron chi connectivity index (χ3n) is 3.23. The van der Waals surface area contributed by atoms with E-state index in [0.29, 0.717) is 12.0 Å². The first-order valence-corrected chi connectivity index (χ1v) is 7.53. The van der Waals surface area contributed by atoms with Gasteiger partial charge in [-0.2, -0.15) is 0 Å². The van der Waals surface area contributed by atoms with Gasteiger partial charge in [0, 0.05) is 30.1 Å². The molecule has 0 saturated heterocycles. The Labute approximate surface area is 136 Å². The van der Waals surface area contributed by atoms with E-state index in [1.807, 2.05) is 6.20 Å². The van der Waals surface area contributed by atoms with Crippen molar-refractivity contribution >= 4 is 41.3 Å². The van der Waals surface area contributed by atoms with E-state index in [4.69, 9.17) is 5.73 Å². The van der Waals surface area contributed by atoms with Crippen LogP contribution in [-0.4, -0.2) is 23.5 Å². The van der Waals surface area contributed by atoms with Gasteiger partial charge < -0.3 is 11.1 Å². The molecule has 1 aromatic heterocycles. The monoisotopic (exact) mass is 394 g/mol. The largest absolute Gasteiger partial charge is 0.370 e. The quantitative estimate of drug-likeness (QED) is 0.469. The van der Waals surface area contributed by atoms with E-state index in [1.54, 1.807) is 11.3 Å². The Bertz CT molecular complexity index is 399. The molecule has 0 atom stereocenters. The maximum atomic E-state index is 5.90. The van der Waals surface area contributed by atoms with Crippen LogP contribution < -0.4 is 11.1 Å². The maximum absolute atomic E-state index is 5.90. The first-order chi connectivity index (χ1) is 8.74. The van der Waals surface area contributed by atoms with Crippen molar-refractivity contribution in [2.45, 2.75) is 51.5 Å². The van der Waals surface area contributed by atoms with E-state index in [-0.39, 0.29) is 24.0 Å². The van der Waals surface area contributed by atoms with Crippen LogP contribution in [0.4, 0.5) is 0 Å². The van der Waals surface area contributed by atoms with Crippen LogP contribution in [0.5, 0.6) is 0 Å². The van der Waals surface area contributed by atoms with Crippen molar-refractivity contribution < 1.29 is 0 Å². The van der Waals surface area contributed by atoms with E-state index in [2.05, 4.69) is 22.2 Å². The van der Waals surface area contributed by atoms with Crippen LogP contribution in [0.3, 0.4) is 0 Å². The first-order valence-electron chi connectivity index (χ1n) is 6.72. The summed E-state index contributed by atoms with van der Waals surface area (Å²) in [5.41, 5.74) is 5.90. The molecule has 19 heavy (non-hydrogen) atoms. The van der Waals surface area contributed by atoms with Crippen LogP contribution in [0, 0.1) is 6.92 Å². The number of guanidine groups is 1. The van der Waals surface area contributed by atoms with Gasteiger partial charge in [0.15, 0.2) is 5.96 Å². The molecule has 1 aromatic rings. The van der Waals surface area contributed by atoms with E-state index < -0.39 is 0 Å². The summed E-state index contributed by atoms with van der Waals surface area (Å²) >= 11 is 1.73. The van der Waals surface area contributed by atoms with Gasteiger partial charge in [-0.25, -0.2) is 4.98 Å². The van der Waals surface area contributed by atoms with Crippen molar-refractivity contribution in [1.29, 1.82) is 0 Å². The van der Waals surface area contributed by atoms with Crippen molar-refractivity contribution in [3.05, 3.63) is 16.1 Å². The number of nitrogens with one attached hydrogen (secondary N) is 1. The fourth-order valence-electron chi connectivity index (χ4n) is 2.29. The van der Waals surface area contributed by atoms with Gasteiger partial charge in [0.05, 0.1) is 5.01 Å². The van der Waals surface area contributed by atoms with E-state index >= 15 is 0 Å². The molecule has 0 aromatic carbocycles. The topological polar surface area (TPSA) is 63.3 Å². The Morgan fingerprint density at radius 2 is 2.21 bits per heavy atom. The molecule has 0 radical (unpaired) electrons. The highest BCUT2D eigenvalue weighted by atomic mass is 127. The highest BCUT2D eigenvalue weighted by molar-refractivity contribution is 14.0. The fraction of sp³-hybridized carbons (Fsp3) is 0.692. The Hall–Kier alpha value is -0.370.